The van der Waals surface area contributed by atoms with Crippen LogP contribution in [-0.4, -0.2) is 11.4 Å². The first-order valence-corrected chi connectivity index (χ1v) is 7.69. The first kappa shape index (κ1) is 15.4. The number of thiophene rings is 1. The van der Waals surface area contributed by atoms with Gasteiger partial charge in [-0.15, -0.1) is 23.7 Å². The molecule has 2 nitrogen and oxygen atoms in total. The minimum Gasteiger partial charge on any atom is -0.399 e. The number of benzene rings is 1. The first-order valence-electron chi connectivity index (χ1n) is 6.87. The van der Waals surface area contributed by atoms with Crippen LogP contribution in [0.25, 0.3) is 0 Å². The van der Waals surface area contributed by atoms with Crippen molar-refractivity contribution in [2.45, 2.75) is 32.4 Å². The normalized spacial score (nSPS) is 18.9. The van der Waals surface area contributed by atoms with E-state index in [9.17, 15) is 0 Å². The lowest BCUT2D eigenvalue weighted by Gasteiger charge is -2.23. The van der Waals surface area contributed by atoms with Crippen LogP contribution >= 0.6 is 23.7 Å². The maximum atomic E-state index is 5.87. The SMILES string of the molecule is Cc1ccc(C2CCCN2Cc2cccc(N)c2)s1.Cl. The highest BCUT2D eigenvalue weighted by Gasteiger charge is 2.26. The van der Waals surface area contributed by atoms with E-state index < -0.39 is 0 Å². The van der Waals surface area contributed by atoms with Gasteiger partial charge >= 0.3 is 0 Å². The molecule has 1 aromatic carbocycles. The standard InChI is InChI=1S/C16H20N2S.ClH/c1-12-7-8-16(19-12)15-6-3-9-18(15)11-13-4-2-5-14(17)10-13;/h2,4-5,7-8,10,15H,3,6,9,11,17H2,1H3;1H. The van der Waals surface area contributed by atoms with Gasteiger partial charge in [-0.1, -0.05) is 12.1 Å². The van der Waals surface area contributed by atoms with Crippen molar-refractivity contribution in [3.63, 3.8) is 0 Å². The molecule has 0 amide bonds. The molecule has 1 fully saturated rings. The van der Waals surface area contributed by atoms with E-state index in [1.807, 2.05) is 23.5 Å². The molecule has 1 aromatic heterocycles. The summed E-state index contributed by atoms with van der Waals surface area (Å²) < 4.78 is 0. The van der Waals surface area contributed by atoms with Gasteiger partial charge in [0.1, 0.15) is 0 Å². The van der Waals surface area contributed by atoms with E-state index in [1.54, 1.807) is 0 Å². The fourth-order valence-electron chi connectivity index (χ4n) is 2.90. The van der Waals surface area contributed by atoms with Gasteiger partial charge < -0.3 is 5.73 Å². The zero-order valence-corrected chi connectivity index (χ0v) is 13.3. The second-order valence-corrected chi connectivity index (χ2v) is 6.64. The first-order chi connectivity index (χ1) is 9.22. The molecular weight excluding hydrogens is 288 g/mol. The Balaban J connectivity index is 0.00000147. The van der Waals surface area contributed by atoms with Gasteiger partial charge in [-0.05, 0) is 56.1 Å². The molecule has 1 atom stereocenters. The number of rotatable bonds is 3. The quantitative estimate of drug-likeness (QED) is 0.852. The average Bonchev–Trinajstić information content (AvgIpc) is 2.98. The van der Waals surface area contributed by atoms with Gasteiger partial charge in [-0.3, -0.25) is 4.90 Å². The molecular formula is C16H21ClN2S. The summed E-state index contributed by atoms with van der Waals surface area (Å²) in [6, 6.07) is 13.4. The minimum absolute atomic E-state index is 0. The fourth-order valence-corrected chi connectivity index (χ4v) is 3.94. The van der Waals surface area contributed by atoms with Crippen molar-refractivity contribution in [3.05, 3.63) is 51.7 Å². The smallest absolute Gasteiger partial charge is 0.0445 e. The van der Waals surface area contributed by atoms with Gasteiger partial charge in [0.05, 0.1) is 0 Å². The second kappa shape index (κ2) is 6.61. The van der Waals surface area contributed by atoms with Crippen molar-refractivity contribution >= 4 is 29.4 Å². The fraction of sp³-hybridized carbons (Fsp3) is 0.375. The van der Waals surface area contributed by atoms with Gasteiger partial charge in [0, 0.05) is 28.0 Å². The summed E-state index contributed by atoms with van der Waals surface area (Å²) in [5.74, 6) is 0. The largest absolute Gasteiger partial charge is 0.399 e. The number of hydrogen-bond donors (Lipinski definition) is 1. The van der Waals surface area contributed by atoms with Crippen LogP contribution in [0.4, 0.5) is 5.69 Å². The predicted octanol–water partition coefficient (Wildman–Crippen LogP) is 4.40. The van der Waals surface area contributed by atoms with Gasteiger partial charge in [0.2, 0.25) is 0 Å². The van der Waals surface area contributed by atoms with Crippen molar-refractivity contribution in [1.29, 1.82) is 0 Å². The van der Waals surface area contributed by atoms with E-state index in [0.717, 1.165) is 12.2 Å². The molecule has 0 bridgehead atoms. The van der Waals surface area contributed by atoms with E-state index in [0.29, 0.717) is 6.04 Å². The van der Waals surface area contributed by atoms with Crippen molar-refractivity contribution in [2.75, 3.05) is 12.3 Å². The van der Waals surface area contributed by atoms with Crippen molar-refractivity contribution < 1.29 is 0 Å². The molecule has 108 valence electrons. The van der Waals surface area contributed by atoms with Crippen molar-refractivity contribution in [2.24, 2.45) is 0 Å². The van der Waals surface area contributed by atoms with Gasteiger partial charge in [-0.2, -0.15) is 0 Å². The molecule has 2 aromatic rings. The molecule has 2 N–H and O–H groups in total. The van der Waals surface area contributed by atoms with Crippen molar-refractivity contribution in [1.82, 2.24) is 4.90 Å². The lowest BCUT2D eigenvalue weighted by Crippen LogP contribution is -2.22. The van der Waals surface area contributed by atoms with Gasteiger partial charge in [0.25, 0.3) is 0 Å². The molecule has 0 aliphatic carbocycles. The molecule has 0 radical (unpaired) electrons. The second-order valence-electron chi connectivity index (χ2n) is 5.32. The summed E-state index contributed by atoms with van der Waals surface area (Å²) in [6.07, 6.45) is 2.58. The van der Waals surface area contributed by atoms with Gasteiger partial charge in [-0.25, -0.2) is 0 Å². The zero-order chi connectivity index (χ0) is 13.2. The summed E-state index contributed by atoms with van der Waals surface area (Å²) >= 11 is 1.94. The third kappa shape index (κ3) is 3.35. The number of halogens is 1. The third-order valence-corrected chi connectivity index (χ3v) is 4.89. The van der Waals surface area contributed by atoms with E-state index >= 15 is 0 Å². The van der Waals surface area contributed by atoms with Crippen LogP contribution in [0.5, 0.6) is 0 Å². The molecule has 20 heavy (non-hydrogen) atoms. The molecule has 1 unspecified atom stereocenters. The maximum Gasteiger partial charge on any atom is 0.0445 e. The van der Waals surface area contributed by atoms with E-state index in [2.05, 4.69) is 36.1 Å². The predicted molar refractivity (Wildman–Crippen MR) is 89.5 cm³/mol. The highest BCUT2D eigenvalue weighted by molar-refractivity contribution is 7.12. The van der Waals surface area contributed by atoms with Crippen LogP contribution in [0, 0.1) is 6.92 Å². The Bertz CT molecular complexity index is 567. The Labute approximate surface area is 131 Å². The highest BCUT2D eigenvalue weighted by atomic mass is 35.5. The van der Waals surface area contributed by atoms with Crippen LogP contribution in [0.2, 0.25) is 0 Å². The van der Waals surface area contributed by atoms with E-state index in [-0.39, 0.29) is 12.4 Å². The lowest BCUT2D eigenvalue weighted by molar-refractivity contribution is 0.251. The molecule has 0 saturated carbocycles. The summed E-state index contributed by atoms with van der Waals surface area (Å²) in [7, 11) is 0. The molecule has 1 aliphatic rings. The third-order valence-electron chi connectivity index (χ3n) is 3.79. The number of likely N-dealkylation sites (tertiary alicyclic amines) is 1. The number of aryl methyl sites for hydroxylation is 1. The summed E-state index contributed by atoms with van der Waals surface area (Å²) in [4.78, 5) is 5.50. The Morgan fingerprint density at radius 2 is 2.15 bits per heavy atom. The number of nitrogens with zero attached hydrogens (tertiary/aromatic N) is 1. The lowest BCUT2D eigenvalue weighted by atomic mass is 10.1. The Morgan fingerprint density at radius 1 is 1.30 bits per heavy atom. The molecule has 4 heteroatoms. The van der Waals surface area contributed by atoms with Crippen LogP contribution in [0.3, 0.4) is 0 Å². The minimum atomic E-state index is 0. The van der Waals surface area contributed by atoms with Crippen LogP contribution < -0.4 is 5.73 Å². The topological polar surface area (TPSA) is 29.3 Å². The van der Waals surface area contributed by atoms with E-state index in [1.165, 1.54) is 34.7 Å². The monoisotopic (exact) mass is 308 g/mol. The number of anilines is 1. The van der Waals surface area contributed by atoms with Crippen LogP contribution in [-0.2, 0) is 6.54 Å². The average molecular weight is 309 g/mol. The summed E-state index contributed by atoms with van der Waals surface area (Å²) in [6.45, 7) is 4.38. The Kier molecular flexibility index (Phi) is 5.08. The number of nitrogen functional groups attached to an aromatic ring is 1. The summed E-state index contributed by atoms with van der Waals surface area (Å²) in [5.41, 5.74) is 8.05. The van der Waals surface area contributed by atoms with Crippen LogP contribution in [0.1, 0.15) is 34.2 Å². The Hall–Kier alpha value is -1.03. The molecule has 1 aliphatic heterocycles. The van der Waals surface area contributed by atoms with Crippen LogP contribution in [0.15, 0.2) is 36.4 Å². The molecule has 1 saturated heterocycles. The number of nitrogens with two attached hydrogens (primary N) is 1. The Morgan fingerprint density at radius 3 is 2.85 bits per heavy atom. The molecule has 2 heterocycles. The van der Waals surface area contributed by atoms with E-state index in [4.69, 9.17) is 5.73 Å². The van der Waals surface area contributed by atoms with Crippen molar-refractivity contribution in [3.8, 4) is 0 Å². The number of hydrogen-bond acceptors (Lipinski definition) is 3. The highest BCUT2D eigenvalue weighted by Crippen LogP contribution is 2.36. The van der Waals surface area contributed by atoms with Gasteiger partial charge in [0.15, 0.2) is 0 Å². The molecule has 0 spiro atoms. The maximum absolute atomic E-state index is 5.87. The zero-order valence-electron chi connectivity index (χ0n) is 11.7. The summed E-state index contributed by atoms with van der Waals surface area (Å²) in [5, 5.41) is 0. The molecule has 3 rings (SSSR count).